The summed E-state index contributed by atoms with van der Waals surface area (Å²) in [5.41, 5.74) is 0.946. The summed E-state index contributed by atoms with van der Waals surface area (Å²) < 4.78 is 27.9. The molecule has 0 radical (unpaired) electrons. The van der Waals surface area contributed by atoms with Crippen molar-refractivity contribution in [3.8, 4) is 5.75 Å². The van der Waals surface area contributed by atoms with E-state index in [1.165, 1.54) is 6.26 Å². The van der Waals surface area contributed by atoms with Crippen LogP contribution in [0.3, 0.4) is 0 Å². The van der Waals surface area contributed by atoms with Gasteiger partial charge in [-0.2, -0.15) is 0 Å². The second-order valence-electron chi connectivity index (χ2n) is 3.94. The number of sulfone groups is 1. The highest BCUT2D eigenvalue weighted by Crippen LogP contribution is 2.18. The van der Waals surface area contributed by atoms with Crippen LogP contribution in [0, 0.1) is 0 Å². The number of hydrogen-bond acceptors (Lipinski definition) is 4. The second-order valence-corrected chi connectivity index (χ2v) is 6.12. The number of nitrogens with one attached hydrogen (secondary N) is 1. The Balaban J connectivity index is 2.82. The maximum Gasteiger partial charge on any atom is 0.149 e. The third-order valence-corrected chi connectivity index (χ3v) is 3.35. The van der Waals surface area contributed by atoms with Crippen LogP contribution >= 0.6 is 0 Å². The molecule has 4 nitrogen and oxygen atoms in total. The summed E-state index contributed by atoms with van der Waals surface area (Å²) in [4.78, 5) is 0. The topological polar surface area (TPSA) is 55.4 Å². The molecule has 0 saturated heterocycles. The van der Waals surface area contributed by atoms with Crippen molar-refractivity contribution in [3.05, 3.63) is 29.8 Å². The van der Waals surface area contributed by atoms with Crippen LogP contribution in [-0.2, 0) is 9.84 Å². The molecule has 1 aromatic carbocycles. The van der Waals surface area contributed by atoms with Gasteiger partial charge in [-0.1, -0.05) is 12.1 Å². The zero-order chi connectivity index (χ0) is 12.9. The van der Waals surface area contributed by atoms with Gasteiger partial charge in [0.1, 0.15) is 15.6 Å². The molecule has 1 N–H and O–H groups in total. The predicted molar refractivity (Wildman–Crippen MR) is 69.1 cm³/mol. The van der Waals surface area contributed by atoms with Crippen molar-refractivity contribution in [2.75, 3.05) is 25.7 Å². The van der Waals surface area contributed by atoms with Crippen molar-refractivity contribution < 1.29 is 13.2 Å². The van der Waals surface area contributed by atoms with Gasteiger partial charge in [0.2, 0.25) is 0 Å². The number of ether oxygens (including phenoxy) is 1. The summed E-state index contributed by atoms with van der Waals surface area (Å²) in [6.45, 7) is 2.55. The normalized spacial score (nSPS) is 13.4. The molecule has 0 spiro atoms. The Morgan fingerprint density at radius 2 is 1.88 bits per heavy atom. The van der Waals surface area contributed by atoms with Crippen LogP contribution < -0.4 is 10.1 Å². The predicted octanol–water partition coefficient (Wildman–Crippen LogP) is 1.39. The molecule has 1 unspecified atom stereocenters. The minimum atomic E-state index is -3.00. The van der Waals surface area contributed by atoms with Crippen LogP contribution in [0.25, 0.3) is 0 Å². The molecule has 0 bridgehead atoms. The Bertz CT molecular complexity index is 439. The Kier molecular flexibility index (Phi) is 4.96. The van der Waals surface area contributed by atoms with Crippen molar-refractivity contribution in [2.24, 2.45) is 0 Å². The van der Waals surface area contributed by atoms with Crippen LogP contribution in [0.5, 0.6) is 5.75 Å². The first kappa shape index (κ1) is 14.0. The van der Waals surface area contributed by atoms with Gasteiger partial charge in [0.15, 0.2) is 0 Å². The van der Waals surface area contributed by atoms with Crippen LogP contribution in [0.1, 0.15) is 18.5 Å². The van der Waals surface area contributed by atoms with Gasteiger partial charge in [-0.3, -0.25) is 0 Å². The van der Waals surface area contributed by atoms with E-state index in [-0.39, 0.29) is 11.8 Å². The molecular formula is C12H19NO3S. The molecule has 1 rings (SSSR count). The highest BCUT2D eigenvalue weighted by Gasteiger charge is 2.15. The fraction of sp³-hybridized carbons (Fsp3) is 0.500. The lowest BCUT2D eigenvalue weighted by atomic mass is 10.1. The Morgan fingerprint density at radius 1 is 1.29 bits per heavy atom. The lowest BCUT2D eigenvalue weighted by Gasteiger charge is -2.15. The Morgan fingerprint density at radius 3 is 2.29 bits per heavy atom. The largest absolute Gasteiger partial charge is 0.494 e. The van der Waals surface area contributed by atoms with Gasteiger partial charge in [-0.15, -0.1) is 0 Å². The van der Waals surface area contributed by atoms with E-state index >= 15 is 0 Å². The van der Waals surface area contributed by atoms with E-state index in [2.05, 4.69) is 5.32 Å². The van der Waals surface area contributed by atoms with Crippen LogP contribution in [0.2, 0.25) is 0 Å². The average molecular weight is 257 g/mol. The van der Waals surface area contributed by atoms with Gasteiger partial charge in [-0.05, 0) is 31.7 Å². The van der Waals surface area contributed by atoms with Crippen molar-refractivity contribution in [1.29, 1.82) is 0 Å². The van der Waals surface area contributed by atoms with E-state index in [0.29, 0.717) is 6.61 Å². The average Bonchev–Trinajstić information content (AvgIpc) is 2.26. The molecule has 0 fully saturated rings. The number of hydrogen-bond donors (Lipinski definition) is 1. The Hall–Kier alpha value is -1.07. The third-order valence-electron chi connectivity index (χ3n) is 2.41. The Labute approximate surface area is 103 Å². The molecule has 17 heavy (non-hydrogen) atoms. The van der Waals surface area contributed by atoms with E-state index in [1.807, 2.05) is 31.2 Å². The number of rotatable bonds is 6. The highest BCUT2D eigenvalue weighted by atomic mass is 32.2. The molecule has 0 aromatic heterocycles. The van der Waals surface area contributed by atoms with Crippen molar-refractivity contribution in [2.45, 2.75) is 13.0 Å². The molecule has 96 valence electrons. The zero-order valence-electron chi connectivity index (χ0n) is 10.4. The molecule has 1 atom stereocenters. The first-order valence-corrected chi connectivity index (χ1v) is 7.60. The van der Waals surface area contributed by atoms with Gasteiger partial charge in [0, 0.05) is 12.3 Å². The first-order valence-electron chi connectivity index (χ1n) is 5.54. The monoisotopic (exact) mass is 257 g/mol. The summed E-state index contributed by atoms with van der Waals surface area (Å²) >= 11 is 0. The van der Waals surface area contributed by atoms with Crippen LogP contribution in [0.4, 0.5) is 0 Å². The molecular weight excluding hydrogens is 238 g/mol. The lowest BCUT2D eigenvalue weighted by molar-refractivity contribution is 0.340. The van der Waals surface area contributed by atoms with E-state index < -0.39 is 9.84 Å². The minimum Gasteiger partial charge on any atom is -0.494 e. The standard InChI is InChI=1S/C12H19NO3S/c1-4-16-11-7-5-10(6-8-11)12(13-2)9-17(3,14)15/h5-8,12-13H,4,9H2,1-3H3. The lowest BCUT2D eigenvalue weighted by Crippen LogP contribution is -2.24. The molecule has 1 aromatic rings. The summed E-state index contributed by atoms with van der Waals surface area (Å²) in [5.74, 6) is 0.891. The van der Waals surface area contributed by atoms with Gasteiger partial charge < -0.3 is 10.1 Å². The van der Waals surface area contributed by atoms with Gasteiger partial charge in [-0.25, -0.2) is 8.42 Å². The van der Waals surface area contributed by atoms with E-state index in [9.17, 15) is 8.42 Å². The fourth-order valence-electron chi connectivity index (χ4n) is 1.61. The van der Waals surface area contributed by atoms with Crippen LogP contribution in [-0.4, -0.2) is 34.1 Å². The minimum absolute atomic E-state index is 0.0947. The van der Waals surface area contributed by atoms with E-state index in [0.717, 1.165) is 11.3 Å². The summed E-state index contributed by atoms with van der Waals surface area (Å²) in [5, 5.41) is 3.01. The SMILES string of the molecule is CCOc1ccc(C(CS(C)(=O)=O)NC)cc1. The van der Waals surface area contributed by atoms with Crippen molar-refractivity contribution >= 4 is 9.84 Å². The van der Waals surface area contributed by atoms with E-state index in [1.54, 1.807) is 7.05 Å². The van der Waals surface area contributed by atoms with Gasteiger partial charge >= 0.3 is 0 Å². The zero-order valence-corrected chi connectivity index (χ0v) is 11.3. The molecule has 0 aliphatic rings. The number of benzene rings is 1. The highest BCUT2D eigenvalue weighted by molar-refractivity contribution is 7.90. The fourth-order valence-corrected chi connectivity index (χ4v) is 2.58. The van der Waals surface area contributed by atoms with Gasteiger partial charge in [0.05, 0.1) is 12.4 Å². The summed E-state index contributed by atoms with van der Waals surface area (Å²) in [6, 6.07) is 7.30. The van der Waals surface area contributed by atoms with Crippen molar-refractivity contribution in [3.63, 3.8) is 0 Å². The maximum absolute atomic E-state index is 11.3. The molecule has 5 heteroatoms. The van der Waals surface area contributed by atoms with Crippen LogP contribution in [0.15, 0.2) is 24.3 Å². The third kappa shape index (κ3) is 4.75. The molecule has 0 heterocycles. The summed E-state index contributed by atoms with van der Waals surface area (Å²) in [7, 11) is -1.24. The molecule has 0 amide bonds. The van der Waals surface area contributed by atoms with Gasteiger partial charge in [0.25, 0.3) is 0 Å². The first-order chi connectivity index (χ1) is 7.96. The quantitative estimate of drug-likeness (QED) is 0.836. The smallest absolute Gasteiger partial charge is 0.149 e. The van der Waals surface area contributed by atoms with E-state index in [4.69, 9.17) is 4.74 Å². The maximum atomic E-state index is 11.3. The van der Waals surface area contributed by atoms with Crippen molar-refractivity contribution in [1.82, 2.24) is 5.32 Å². The molecule has 0 saturated carbocycles. The summed E-state index contributed by atoms with van der Waals surface area (Å²) in [6.07, 6.45) is 1.24. The second kappa shape index (κ2) is 6.02. The molecule has 0 aliphatic carbocycles. The molecule has 0 aliphatic heterocycles.